The minimum absolute atomic E-state index is 0.00970. The van der Waals surface area contributed by atoms with E-state index in [2.05, 4.69) is 20.5 Å². The Labute approximate surface area is 187 Å². The second-order valence-corrected chi connectivity index (χ2v) is 7.76. The van der Waals surface area contributed by atoms with Gasteiger partial charge in [0.1, 0.15) is 5.75 Å². The first-order valence-electron chi connectivity index (χ1n) is 8.83. The van der Waals surface area contributed by atoms with Crippen LogP contribution in [-0.2, 0) is 6.54 Å². The molecule has 0 aliphatic heterocycles. The number of anilines is 2. The summed E-state index contributed by atoms with van der Waals surface area (Å²) in [5.74, 6) is 0.518. The Balaban J connectivity index is 1.69. The molecule has 0 saturated heterocycles. The summed E-state index contributed by atoms with van der Waals surface area (Å²) in [5, 5.41) is 11.4. The van der Waals surface area contributed by atoms with E-state index in [1.54, 1.807) is 35.9 Å². The molecule has 0 saturated carbocycles. The highest BCUT2D eigenvalue weighted by Gasteiger charge is 2.13. The first-order valence-corrected chi connectivity index (χ1v) is 9.99. The number of thiocarbonyl (C=S) groups is 1. The maximum Gasteiger partial charge on any atom is 0.387 e. The van der Waals surface area contributed by atoms with Gasteiger partial charge < -0.3 is 15.4 Å². The molecule has 2 N–H and O–H groups in total. The Hall–Kier alpha value is -2.42. The number of rotatable bonds is 6. The molecule has 0 bridgehead atoms. The zero-order valence-corrected chi connectivity index (χ0v) is 18.4. The van der Waals surface area contributed by atoms with Crippen LogP contribution in [0.3, 0.4) is 0 Å². The summed E-state index contributed by atoms with van der Waals surface area (Å²) >= 11 is 17.3. The fourth-order valence-corrected chi connectivity index (χ4v) is 3.27. The average Bonchev–Trinajstić information content (AvgIpc) is 2.99. The quantitative estimate of drug-likeness (QED) is 0.416. The van der Waals surface area contributed by atoms with E-state index in [9.17, 15) is 8.78 Å². The van der Waals surface area contributed by atoms with Crippen molar-refractivity contribution in [3.8, 4) is 5.75 Å². The van der Waals surface area contributed by atoms with Crippen LogP contribution in [0.25, 0.3) is 0 Å². The van der Waals surface area contributed by atoms with Gasteiger partial charge in [0.15, 0.2) is 10.9 Å². The van der Waals surface area contributed by atoms with E-state index in [1.807, 2.05) is 19.1 Å². The van der Waals surface area contributed by atoms with E-state index >= 15 is 0 Å². The first kappa shape index (κ1) is 22.3. The third kappa shape index (κ3) is 5.81. The van der Waals surface area contributed by atoms with Gasteiger partial charge in [0, 0.05) is 11.8 Å². The Morgan fingerprint density at radius 2 is 1.87 bits per heavy atom. The summed E-state index contributed by atoms with van der Waals surface area (Å²) in [6.07, 6.45) is 0. The largest absolute Gasteiger partial charge is 0.433 e. The van der Waals surface area contributed by atoms with Crippen molar-refractivity contribution in [3.05, 3.63) is 69.3 Å². The second kappa shape index (κ2) is 9.59. The minimum atomic E-state index is -2.94. The van der Waals surface area contributed by atoms with E-state index in [4.69, 9.17) is 35.4 Å². The highest BCUT2D eigenvalue weighted by Crippen LogP contribution is 2.28. The van der Waals surface area contributed by atoms with E-state index in [-0.39, 0.29) is 10.9 Å². The van der Waals surface area contributed by atoms with Crippen LogP contribution in [0.5, 0.6) is 5.75 Å². The maximum absolute atomic E-state index is 12.7. The topological polar surface area (TPSA) is 51.1 Å². The lowest BCUT2D eigenvalue weighted by Crippen LogP contribution is -2.20. The molecule has 10 heteroatoms. The van der Waals surface area contributed by atoms with Gasteiger partial charge in [-0.25, -0.2) is 0 Å². The summed E-state index contributed by atoms with van der Waals surface area (Å²) in [5.41, 5.74) is 2.94. The zero-order chi connectivity index (χ0) is 21.8. The lowest BCUT2D eigenvalue weighted by molar-refractivity contribution is -0.0493. The number of halogens is 4. The molecule has 0 spiro atoms. The number of hydrogen-bond acceptors (Lipinski definition) is 3. The molecular weight excluding hydrogens is 453 g/mol. The first-order chi connectivity index (χ1) is 14.2. The Morgan fingerprint density at radius 1 is 1.10 bits per heavy atom. The van der Waals surface area contributed by atoms with Crippen LogP contribution in [0.1, 0.15) is 16.8 Å². The van der Waals surface area contributed by atoms with Gasteiger partial charge in [-0.1, -0.05) is 35.3 Å². The summed E-state index contributed by atoms with van der Waals surface area (Å²) in [6, 6.07) is 12.1. The number of alkyl halides is 2. The van der Waals surface area contributed by atoms with Crippen LogP contribution >= 0.6 is 35.4 Å². The number of benzene rings is 2. The molecule has 1 aromatic heterocycles. The van der Waals surface area contributed by atoms with Crippen LogP contribution in [0.4, 0.5) is 20.3 Å². The third-order valence-corrected chi connectivity index (χ3v) is 5.08. The highest BCUT2D eigenvalue weighted by molar-refractivity contribution is 7.80. The molecule has 0 aliphatic rings. The minimum Gasteiger partial charge on any atom is -0.433 e. The zero-order valence-electron chi connectivity index (χ0n) is 16.0. The SMILES string of the molecule is Cc1ccc(NC(=S)Nc2cc(C)n(Cc3ccc(Cl)c(Cl)c3)n2)c(OC(F)F)c1. The van der Waals surface area contributed by atoms with Crippen LogP contribution in [0, 0.1) is 13.8 Å². The predicted molar refractivity (Wildman–Crippen MR) is 120 cm³/mol. The molecule has 3 aromatic rings. The molecule has 0 aliphatic carbocycles. The van der Waals surface area contributed by atoms with E-state index < -0.39 is 6.61 Å². The van der Waals surface area contributed by atoms with Gasteiger partial charge in [0.2, 0.25) is 0 Å². The summed E-state index contributed by atoms with van der Waals surface area (Å²) in [6.45, 7) is 1.24. The molecular formula is C20H18Cl2F2N4OS. The second-order valence-electron chi connectivity index (χ2n) is 6.53. The number of nitrogens with one attached hydrogen (secondary N) is 2. The molecule has 5 nitrogen and oxygen atoms in total. The van der Waals surface area contributed by atoms with E-state index in [1.165, 1.54) is 6.07 Å². The fourth-order valence-electron chi connectivity index (χ4n) is 2.74. The number of ether oxygens (including phenoxy) is 1. The molecule has 0 radical (unpaired) electrons. The molecule has 2 aromatic carbocycles. The van der Waals surface area contributed by atoms with Crippen molar-refractivity contribution in [1.29, 1.82) is 0 Å². The molecule has 0 fully saturated rings. The lowest BCUT2D eigenvalue weighted by Gasteiger charge is -2.14. The van der Waals surface area contributed by atoms with Gasteiger partial charge in [0.25, 0.3) is 0 Å². The highest BCUT2D eigenvalue weighted by atomic mass is 35.5. The van der Waals surface area contributed by atoms with Crippen LogP contribution in [-0.4, -0.2) is 21.5 Å². The molecule has 0 amide bonds. The van der Waals surface area contributed by atoms with Crippen LogP contribution in [0.2, 0.25) is 10.0 Å². The number of aromatic nitrogens is 2. The van der Waals surface area contributed by atoms with Gasteiger partial charge in [-0.2, -0.15) is 13.9 Å². The van der Waals surface area contributed by atoms with Gasteiger partial charge >= 0.3 is 6.61 Å². The predicted octanol–water partition coefficient (Wildman–Crippen LogP) is 6.27. The Bertz CT molecular complexity index is 1070. The maximum atomic E-state index is 12.7. The van der Waals surface area contributed by atoms with Gasteiger partial charge in [-0.05, 0) is 61.5 Å². The van der Waals surface area contributed by atoms with Crippen molar-refractivity contribution in [2.75, 3.05) is 10.6 Å². The van der Waals surface area contributed by atoms with Gasteiger partial charge in [-0.15, -0.1) is 0 Å². The Kier molecular flexibility index (Phi) is 7.12. The van der Waals surface area contributed by atoms with Crippen molar-refractivity contribution in [3.63, 3.8) is 0 Å². The lowest BCUT2D eigenvalue weighted by atomic mass is 10.2. The monoisotopic (exact) mass is 470 g/mol. The van der Waals surface area contributed by atoms with Crippen molar-refractivity contribution in [1.82, 2.24) is 9.78 Å². The van der Waals surface area contributed by atoms with Crippen LogP contribution < -0.4 is 15.4 Å². The van der Waals surface area contributed by atoms with E-state index in [0.29, 0.717) is 28.1 Å². The van der Waals surface area contributed by atoms with E-state index in [0.717, 1.165) is 16.8 Å². The smallest absolute Gasteiger partial charge is 0.387 e. The summed E-state index contributed by atoms with van der Waals surface area (Å²) < 4.78 is 31.7. The standard InChI is InChI=1S/C20H18Cl2F2N4OS/c1-11-3-6-16(17(7-11)29-19(23)24)25-20(30)26-18-8-12(2)28(27-18)10-13-4-5-14(21)15(22)9-13/h3-9,19H,10H2,1-2H3,(H2,25,26,27,30). The average molecular weight is 471 g/mol. The fraction of sp³-hybridized carbons (Fsp3) is 0.200. The van der Waals surface area contributed by atoms with Crippen molar-refractivity contribution in [2.24, 2.45) is 0 Å². The molecule has 0 unspecified atom stereocenters. The number of aryl methyl sites for hydroxylation is 2. The molecule has 30 heavy (non-hydrogen) atoms. The molecule has 1 heterocycles. The van der Waals surface area contributed by atoms with Crippen molar-refractivity contribution >= 4 is 52.0 Å². The Morgan fingerprint density at radius 3 is 2.57 bits per heavy atom. The normalized spacial score (nSPS) is 10.9. The third-order valence-electron chi connectivity index (χ3n) is 4.14. The summed E-state index contributed by atoms with van der Waals surface area (Å²) in [7, 11) is 0. The van der Waals surface area contributed by atoms with Crippen molar-refractivity contribution in [2.45, 2.75) is 27.0 Å². The molecule has 158 valence electrons. The van der Waals surface area contributed by atoms with Crippen molar-refractivity contribution < 1.29 is 13.5 Å². The number of hydrogen-bond donors (Lipinski definition) is 2. The number of nitrogens with zero attached hydrogens (tertiary/aromatic N) is 2. The molecule has 0 atom stereocenters. The summed E-state index contributed by atoms with van der Waals surface area (Å²) in [4.78, 5) is 0. The van der Waals surface area contributed by atoms with Crippen LogP contribution in [0.15, 0.2) is 42.5 Å². The van der Waals surface area contributed by atoms with Gasteiger partial charge in [-0.3, -0.25) is 4.68 Å². The van der Waals surface area contributed by atoms with Gasteiger partial charge in [0.05, 0.1) is 22.3 Å². The molecule has 3 rings (SSSR count).